The molecule has 1 heterocycles. The molecule has 0 amide bonds. The lowest BCUT2D eigenvalue weighted by Gasteiger charge is -2.13. The van der Waals surface area contributed by atoms with Crippen molar-refractivity contribution >= 4 is 0 Å². The molecule has 2 rings (SSSR count). The van der Waals surface area contributed by atoms with E-state index in [-0.39, 0.29) is 0 Å². The monoisotopic (exact) mass is 179 g/mol. The molecule has 1 saturated carbocycles. The van der Waals surface area contributed by atoms with Gasteiger partial charge >= 0.3 is 0 Å². The molecule has 1 aromatic heterocycles. The Bertz CT molecular complexity index is 326. The van der Waals surface area contributed by atoms with Crippen molar-refractivity contribution in [3.05, 3.63) is 24.0 Å². The second-order valence-corrected chi connectivity index (χ2v) is 3.61. The van der Waals surface area contributed by atoms with E-state index < -0.39 is 5.60 Å². The molecule has 13 heavy (non-hydrogen) atoms. The predicted molar refractivity (Wildman–Crippen MR) is 48.5 cm³/mol. The molecule has 1 aliphatic rings. The smallest absolute Gasteiger partial charge is 0.143 e. The van der Waals surface area contributed by atoms with Crippen LogP contribution in [0.4, 0.5) is 0 Å². The molecule has 1 N–H and O–H groups in total. The predicted octanol–water partition coefficient (Wildman–Crippen LogP) is 1.32. The molecule has 1 fully saturated rings. The first-order chi connectivity index (χ1) is 6.18. The molecule has 0 bridgehead atoms. The Labute approximate surface area is 77.4 Å². The molecule has 0 aliphatic heterocycles. The van der Waals surface area contributed by atoms with E-state index in [2.05, 4.69) is 4.98 Å². The lowest BCUT2D eigenvalue weighted by atomic mass is 10.1. The fraction of sp³-hybridized carbons (Fsp3) is 0.500. The highest BCUT2D eigenvalue weighted by Gasteiger charge is 2.52. The number of nitrogens with zero attached hydrogens (tertiary/aromatic N) is 1. The van der Waals surface area contributed by atoms with Gasteiger partial charge in [-0.1, -0.05) is 6.92 Å². The third-order valence-corrected chi connectivity index (χ3v) is 2.74. The van der Waals surface area contributed by atoms with E-state index in [1.54, 1.807) is 19.5 Å². The molecular formula is C10H13NO2. The van der Waals surface area contributed by atoms with Gasteiger partial charge < -0.3 is 9.84 Å². The molecule has 2 unspecified atom stereocenters. The minimum atomic E-state index is -0.672. The van der Waals surface area contributed by atoms with Gasteiger partial charge in [0.25, 0.3) is 0 Å². The summed E-state index contributed by atoms with van der Waals surface area (Å²) in [6.07, 6.45) is 4.13. The Morgan fingerprint density at radius 2 is 2.38 bits per heavy atom. The Hall–Kier alpha value is -1.09. The Balaban J connectivity index is 2.40. The van der Waals surface area contributed by atoms with Crippen LogP contribution in [-0.2, 0) is 5.60 Å². The summed E-state index contributed by atoms with van der Waals surface area (Å²) in [5.41, 5.74) is 0.186. The van der Waals surface area contributed by atoms with Gasteiger partial charge in [0.2, 0.25) is 0 Å². The topological polar surface area (TPSA) is 42.4 Å². The molecule has 1 aliphatic carbocycles. The standard InChI is InChI=1S/C10H13NO2/c1-7-5-10(7,12)8-3-4-11-6-9(8)13-2/h3-4,6-7,12H,5H2,1-2H3. The van der Waals surface area contributed by atoms with E-state index in [0.717, 1.165) is 12.0 Å². The van der Waals surface area contributed by atoms with E-state index in [1.165, 1.54) is 0 Å². The first-order valence-electron chi connectivity index (χ1n) is 4.39. The van der Waals surface area contributed by atoms with Crippen LogP contribution in [0.2, 0.25) is 0 Å². The molecule has 0 radical (unpaired) electrons. The Morgan fingerprint density at radius 3 is 2.92 bits per heavy atom. The third-order valence-electron chi connectivity index (χ3n) is 2.74. The summed E-state index contributed by atoms with van der Waals surface area (Å²) >= 11 is 0. The fourth-order valence-corrected chi connectivity index (χ4v) is 1.68. The number of rotatable bonds is 2. The zero-order valence-corrected chi connectivity index (χ0v) is 7.82. The van der Waals surface area contributed by atoms with Crippen LogP contribution in [0.3, 0.4) is 0 Å². The van der Waals surface area contributed by atoms with Crippen LogP contribution < -0.4 is 4.74 Å². The highest BCUT2D eigenvalue weighted by Crippen LogP contribution is 2.53. The lowest BCUT2D eigenvalue weighted by molar-refractivity contribution is 0.131. The number of ether oxygens (including phenoxy) is 1. The number of aliphatic hydroxyl groups is 1. The Morgan fingerprint density at radius 1 is 1.69 bits per heavy atom. The quantitative estimate of drug-likeness (QED) is 0.744. The van der Waals surface area contributed by atoms with Gasteiger partial charge in [0.1, 0.15) is 5.75 Å². The summed E-state index contributed by atoms with van der Waals surface area (Å²) in [5, 5.41) is 10.1. The molecule has 2 atom stereocenters. The maximum absolute atomic E-state index is 10.1. The highest BCUT2D eigenvalue weighted by atomic mass is 16.5. The van der Waals surface area contributed by atoms with Crippen molar-refractivity contribution in [2.75, 3.05) is 7.11 Å². The van der Waals surface area contributed by atoms with Gasteiger partial charge in [-0.15, -0.1) is 0 Å². The zero-order chi connectivity index (χ0) is 9.47. The van der Waals surface area contributed by atoms with E-state index in [0.29, 0.717) is 11.7 Å². The largest absolute Gasteiger partial charge is 0.495 e. The van der Waals surface area contributed by atoms with Gasteiger partial charge in [0.15, 0.2) is 0 Å². The first-order valence-corrected chi connectivity index (χ1v) is 4.39. The first kappa shape index (κ1) is 8.51. The number of hydrogen-bond donors (Lipinski definition) is 1. The molecule has 3 heteroatoms. The molecule has 0 saturated heterocycles. The third kappa shape index (κ3) is 1.20. The number of methoxy groups -OCH3 is 1. The second kappa shape index (κ2) is 2.70. The summed E-state index contributed by atoms with van der Waals surface area (Å²) in [6.45, 7) is 2.03. The molecule has 1 aromatic rings. The summed E-state index contributed by atoms with van der Waals surface area (Å²) in [4.78, 5) is 3.95. The summed E-state index contributed by atoms with van der Waals surface area (Å²) in [6, 6.07) is 1.82. The minimum Gasteiger partial charge on any atom is -0.495 e. The van der Waals surface area contributed by atoms with E-state index in [1.807, 2.05) is 13.0 Å². The van der Waals surface area contributed by atoms with Crippen LogP contribution in [0.25, 0.3) is 0 Å². The van der Waals surface area contributed by atoms with Gasteiger partial charge in [-0.2, -0.15) is 0 Å². The van der Waals surface area contributed by atoms with Crippen molar-refractivity contribution in [2.24, 2.45) is 5.92 Å². The number of hydrogen-bond acceptors (Lipinski definition) is 3. The van der Waals surface area contributed by atoms with Crippen molar-refractivity contribution in [1.82, 2.24) is 4.98 Å². The van der Waals surface area contributed by atoms with Gasteiger partial charge in [0, 0.05) is 11.8 Å². The summed E-state index contributed by atoms with van der Waals surface area (Å²) in [7, 11) is 1.59. The maximum Gasteiger partial charge on any atom is 0.143 e. The van der Waals surface area contributed by atoms with Crippen molar-refractivity contribution in [1.29, 1.82) is 0 Å². The van der Waals surface area contributed by atoms with Crippen molar-refractivity contribution < 1.29 is 9.84 Å². The SMILES string of the molecule is COc1cnccc1C1(O)CC1C. The molecule has 0 aromatic carbocycles. The van der Waals surface area contributed by atoms with E-state index in [9.17, 15) is 5.11 Å². The van der Waals surface area contributed by atoms with Crippen LogP contribution in [0.15, 0.2) is 18.5 Å². The summed E-state index contributed by atoms with van der Waals surface area (Å²) in [5.74, 6) is 0.998. The van der Waals surface area contributed by atoms with E-state index in [4.69, 9.17) is 4.74 Å². The lowest BCUT2D eigenvalue weighted by Crippen LogP contribution is -2.09. The Kier molecular flexibility index (Phi) is 1.77. The highest BCUT2D eigenvalue weighted by molar-refractivity contribution is 5.39. The van der Waals surface area contributed by atoms with Crippen LogP contribution in [0, 0.1) is 5.92 Å². The average molecular weight is 179 g/mol. The van der Waals surface area contributed by atoms with Crippen LogP contribution in [0.5, 0.6) is 5.75 Å². The van der Waals surface area contributed by atoms with Gasteiger partial charge in [-0.05, 0) is 18.4 Å². The molecule has 3 nitrogen and oxygen atoms in total. The van der Waals surface area contributed by atoms with Crippen LogP contribution in [-0.4, -0.2) is 17.2 Å². The van der Waals surface area contributed by atoms with Crippen molar-refractivity contribution in [3.8, 4) is 5.75 Å². The van der Waals surface area contributed by atoms with Gasteiger partial charge in [0.05, 0.1) is 18.9 Å². The van der Waals surface area contributed by atoms with Crippen molar-refractivity contribution in [2.45, 2.75) is 18.9 Å². The number of pyridine rings is 1. The normalized spacial score (nSPS) is 31.5. The molecular weight excluding hydrogens is 166 g/mol. The second-order valence-electron chi connectivity index (χ2n) is 3.61. The number of aromatic nitrogens is 1. The van der Waals surface area contributed by atoms with Crippen LogP contribution in [0.1, 0.15) is 18.9 Å². The summed E-state index contributed by atoms with van der Waals surface area (Å²) < 4.78 is 5.14. The molecule has 0 spiro atoms. The minimum absolute atomic E-state index is 0.323. The molecule has 70 valence electrons. The van der Waals surface area contributed by atoms with Gasteiger partial charge in [-0.25, -0.2) is 0 Å². The van der Waals surface area contributed by atoms with E-state index >= 15 is 0 Å². The maximum atomic E-state index is 10.1. The van der Waals surface area contributed by atoms with Crippen LogP contribution >= 0.6 is 0 Å². The average Bonchev–Trinajstić information content (AvgIpc) is 2.76. The fourth-order valence-electron chi connectivity index (χ4n) is 1.68. The van der Waals surface area contributed by atoms with Crippen molar-refractivity contribution in [3.63, 3.8) is 0 Å². The zero-order valence-electron chi connectivity index (χ0n) is 7.82. The van der Waals surface area contributed by atoms with Gasteiger partial charge in [-0.3, -0.25) is 4.98 Å².